The summed E-state index contributed by atoms with van der Waals surface area (Å²) in [6.45, 7) is 1.82. The SMILES string of the molecule is COCCNC(=O)N1CCc2c(Br)ccc(F)c2C1. The fraction of sp³-hybridized carbons (Fsp3) is 0.462. The Kier molecular flexibility index (Phi) is 4.76. The summed E-state index contributed by atoms with van der Waals surface area (Å²) in [4.78, 5) is 13.5. The fourth-order valence-electron chi connectivity index (χ4n) is 2.14. The Hall–Kier alpha value is -1.14. The van der Waals surface area contributed by atoms with E-state index in [0.29, 0.717) is 38.2 Å². The van der Waals surface area contributed by atoms with E-state index >= 15 is 0 Å². The number of methoxy groups -OCH3 is 1. The molecular formula is C13H16BrFN2O2. The molecule has 0 aromatic heterocycles. The lowest BCUT2D eigenvalue weighted by Gasteiger charge is -2.29. The molecular weight excluding hydrogens is 315 g/mol. The first-order valence-corrected chi connectivity index (χ1v) is 6.90. The average molecular weight is 331 g/mol. The lowest BCUT2D eigenvalue weighted by molar-refractivity contribution is 0.175. The second kappa shape index (κ2) is 6.34. The summed E-state index contributed by atoms with van der Waals surface area (Å²) in [6, 6.07) is 2.96. The van der Waals surface area contributed by atoms with Gasteiger partial charge >= 0.3 is 6.03 Å². The van der Waals surface area contributed by atoms with Gasteiger partial charge in [0, 0.05) is 30.2 Å². The quantitative estimate of drug-likeness (QED) is 0.864. The van der Waals surface area contributed by atoms with E-state index in [0.717, 1.165) is 10.0 Å². The molecule has 0 atom stereocenters. The number of nitrogens with zero attached hydrogens (tertiary/aromatic N) is 1. The van der Waals surface area contributed by atoms with Crippen molar-refractivity contribution in [3.63, 3.8) is 0 Å². The number of carbonyl (C=O) groups is 1. The Morgan fingerprint density at radius 1 is 1.53 bits per heavy atom. The number of nitrogens with one attached hydrogen (secondary N) is 1. The third-order valence-electron chi connectivity index (χ3n) is 3.17. The van der Waals surface area contributed by atoms with Gasteiger partial charge in [0.25, 0.3) is 0 Å². The molecule has 0 spiro atoms. The number of rotatable bonds is 3. The first-order chi connectivity index (χ1) is 9.13. The minimum Gasteiger partial charge on any atom is -0.383 e. The van der Waals surface area contributed by atoms with Crippen LogP contribution in [0.5, 0.6) is 0 Å². The Morgan fingerprint density at radius 3 is 3.05 bits per heavy atom. The molecule has 2 rings (SSSR count). The number of urea groups is 1. The molecule has 0 saturated heterocycles. The van der Waals surface area contributed by atoms with Crippen molar-refractivity contribution in [2.24, 2.45) is 0 Å². The first-order valence-electron chi connectivity index (χ1n) is 6.11. The lowest BCUT2D eigenvalue weighted by Crippen LogP contribution is -2.44. The molecule has 104 valence electrons. The van der Waals surface area contributed by atoms with Gasteiger partial charge in [0.15, 0.2) is 0 Å². The smallest absolute Gasteiger partial charge is 0.317 e. The molecule has 0 radical (unpaired) electrons. The van der Waals surface area contributed by atoms with E-state index in [9.17, 15) is 9.18 Å². The highest BCUT2D eigenvalue weighted by Crippen LogP contribution is 2.28. The third kappa shape index (κ3) is 3.25. The van der Waals surface area contributed by atoms with Gasteiger partial charge in [-0.15, -0.1) is 0 Å². The second-order valence-corrected chi connectivity index (χ2v) is 5.24. The van der Waals surface area contributed by atoms with Crippen LogP contribution < -0.4 is 5.32 Å². The number of carbonyl (C=O) groups excluding carboxylic acids is 1. The van der Waals surface area contributed by atoms with Crippen LogP contribution in [0.25, 0.3) is 0 Å². The molecule has 1 N–H and O–H groups in total. The standard InChI is InChI=1S/C13H16BrFN2O2/c1-19-7-5-16-13(18)17-6-4-9-10(8-17)12(15)3-2-11(9)14/h2-3H,4-8H2,1H3,(H,16,18). The predicted molar refractivity (Wildman–Crippen MR) is 73.5 cm³/mol. The minimum absolute atomic E-state index is 0.179. The zero-order valence-electron chi connectivity index (χ0n) is 10.7. The van der Waals surface area contributed by atoms with Gasteiger partial charge in [0.05, 0.1) is 13.2 Å². The maximum atomic E-state index is 13.8. The molecule has 0 aliphatic carbocycles. The number of fused-ring (bicyclic) bond motifs is 1. The minimum atomic E-state index is -0.257. The van der Waals surface area contributed by atoms with E-state index < -0.39 is 0 Å². The lowest BCUT2D eigenvalue weighted by atomic mass is 9.99. The number of benzene rings is 1. The molecule has 0 fully saturated rings. The van der Waals surface area contributed by atoms with E-state index in [1.807, 2.05) is 0 Å². The Bertz CT molecular complexity index is 482. The van der Waals surface area contributed by atoms with Crippen molar-refractivity contribution >= 4 is 22.0 Å². The van der Waals surface area contributed by atoms with Crippen LogP contribution in [0.2, 0.25) is 0 Å². The van der Waals surface area contributed by atoms with Crippen molar-refractivity contribution in [2.75, 3.05) is 26.8 Å². The zero-order chi connectivity index (χ0) is 13.8. The molecule has 2 amide bonds. The van der Waals surface area contributed by atoms with Crippen LogP contribution in [0.3, 0.4) is 0 Å². The van der Waals surface area contributed by atoms with Gasteiger partial charge in [-0.1, -0.05) is 15.9 Å². The molecule has 1 aromatic carbocycles. The van der Waals surface area contributed by atoms with Crippen LogP contribution in [-0.4, -0.2) is 37.7 Å². The van der Waals surface area contributed by atoms with Crippen LogP contribution in [0.15, 0.2) is 16.6 Å². The third-order valence-corrected chi connectivity index (χ3v) is 3.91. The summed E-state index contributed by atoms with van der Waals surface area (Å²) >= 11 is 3.42. The van der Waals surface area contributed by atoms with Gasteiger partial charge in [0.2, 0.25) is 0 Å². The maximum absolute atomic E-state index is 13.8. The van der Waals surface area contributed by atoms with Gasteiger partial charge < -0.3 is 15.0 Å². The monoisotopic (exact) mass is 330 g/mol. The highest BCUT2D eigenvalue weighted by atomic mass is 79.9. The van der Waals surface area contributed by atoms with E-state index in [-0.39, 0.29) is 11.8 Å². The summed E-state index contributed by atoms with van der Waals surface area (Å²) in [5, 5.41) is 2.75. The molecule has 1 heterocycles. The van der Waals surface area contributed by atoms with E-state index in [2.05, 4.69) is 21.2 Å². The number of hydrogen-bond acceptors (Lipinski definition) is 2. The van der Waals surface area contributed by atoms with Crippen molar-refractivity contribution in [1.82, 2.24) is 10.2 Å². The molecule has 19 heavy (non-hydrogen) atoms. The molecule has 1 aliphatic rings. The first kappa shape index (κ1) is 14.3. The van der Waals surface area contributed by atoms with Gasteiger partial charge in [-0.3, -0.25) is 0 Å². The summed E-state index contributed by atoms with van der Waals surface area (Å²) in [7, 11) is 1.58. The normalized spacial score (nSPS) is 14.2. The zero-order valence-corrected chi connectivity index (χ0v) is 12.3. The topological polar surface area (TPSA) is 41.6 Å². The molecule has 0 saturated carbocycles. The molecule has 1 aromatic rings. The number of ether oxygens (including phenoxy) is 1. The largest absolute Gasteiger partial charge is 0.383 e. The van der Waals surface area contributed by atoms with Gasteiger partial charge in [-0.25, -0.2) is 9.18 Å². The van der Waals surface area contributed by atoms with Crippen molar-refractivity contribution in [2.45, 2.75) is 13.0 Å². The summed E-state index contributed by atoms with van der Waals surface area (Å²) in [5.74, 6) is -0.257. The highest BCUT2D eigenvalue weighted by Gasteiger charge is 2.24. The fourth-order valence-corrected chi connectivity index (χ4v) is 2.71. The molecule has 0 unspecified atom stereocenters. The van der Waals surface area contributed by atoms with Crippen LogP contribution in [0.4, 0.5) is 9.18 Å². The van der Waals surface area contributed by atoms with Crippen molar-refractivity contribution in [1.29, 1.82) is 0 Å². The Labute approximate surface area is 120 Å². The molecule has 4 nitrogen and oxygen atoms in total. The number of halogens is 2. The van der Waals surface area contributed by atoms with E-state index in [1.165, 1.54) is 6.07 Å². The Balaban J connectivity index is 2.05. The second-order valence-electron chi connectivity index (χ2n) is 4.38. The summed E-state index contributed by atoms with van der Waals surface area (Å²) < 4.78 is 19.6. The maximum Gasteiger partial charge on any atom is 0.317 e. The average Bonchev–Trinajstić information content (AvgIpc) is 2.43. The Morgan fingerprint density at radius 2 is 2.32 bits per heavy atom. The molecule has 0 bridgehead atoms. The van der Waals surface area contributed by atoms with E-state index in [1.54, 1.807) is 18.1 Å². The van der Waals surface area contributed by atoms with Gasteiger partial charge in [-0.05, 0) is 24.1 Å². The molecule has 1 aliphatic heterocycles. The van der Waals surface area contributed by atoms with Crippen LogP contribution in [0.1, 0.15) is 11.1 Å². The van der Waals surface area contributed by atoms with Gasteiger partial charge in [0.1, 0.15) is 5.82 Å². The van der Waals surface area contributed by atoms with Crippen LogP contribution in [0, 0.1) is 5.82 Å². The summed E-state index contributed by atoms with van der Waals surface area (Å²) in [6.07, 6.45) is 0.658. The van der Waals surface area contributed by atoms with Gasteiger partial charge in [-0.2, -0.15) is 0 Å². The van der Waals surface area contributed by atoms with Crippen molar-refractivity contribution in [3.05, 3.63) is 33.5 Å². The van der Waals surface area contributed by atoms with E-state index in [4.69, 9.17) is 4.74 Å². The van der Waals surface area contributed by atoms with Crippen molar-refractivity contribution < 1.29 is 13.9 Å². The predicted octanol–water partition coefficient (Wildman–Crippen LogP) is 2.30. The molecule has 6 heteroatoms. The van der Waals surface area contributed by atoms with Crippen molar-refractivity contribution in [3.8, 4) is 0 Å². The van der Waals surface area contributed by atoms with Crippen LogP contribution >= 0.6 is 15.9 Å². The van der Waals surface area contributed by atoms with Crippen LogP contribution in [-0.2, 0) is 17.7 Å². The number of hydrogen-bond donors (Lipinski definition) is 1. The number of amides is 2. The summed E-state index contributed by atoms with van der Waals surface area (Å²) in [5.41, 5.74) is 1.56. The highest BCUT2D eigenvalue weighted by molar-refractivity contribution is 9.10.